The molecule has 3 aromatic rings. The monoisotopic (exact) mass is 402 g/mol. The van der Waals surface area contributed by atoms with Crippen LogP contribution in [0.25, 0.3) is 11.3 Å². The van der Waals surface area contributed by atoms with Gasteiger partial charge in [-0.25, -0.2) is 13.8 Å². The Morgan fingerprint density at radius 3 is 2.32 bits per heavy atom. The second kappa shape index (κ2) is 7.59. The summed E-state index contributed by atoms with van der Waals surface area (Å²) < 4.78 is 28.6. The first-order chi connectivity index (χ1) is 13.5. The molecule has 0 fully saturated rings. The fourth-order valence-electron chi connectivity index (χ4n) is 3.23. The van der Waals surface area contributed by atoms with Crippen molar-refractivity contribution in [3.05, 3.63) is 66.0 Å². The van der Waals surface area contributed by atoms with Crippen molar-refractivity contribution in [2.45, 2.75) is 13.1 Å². The van der Waals surface area contributed by atoms with Crippen molar-refractivity contribution < 1.29 is 13.6 Å². The number of hydrogen-bond acceptors (Lipinski definition) is 3. The van der Waals surface area contributed by atoms with Gasteiger partial charge in [0.15, 0.2) is 0 Å². The van der Waals surface area contributed by atoms with Crippen LogP contribution in [0, 0.1) is 11.6 Å². The van der Waals surface area contributed by atoms with Crippen molar-refractivity contribution in [3.63, 3.8) is 0 Å². The van der Waals surface area contributed by atoms with E-state index in [2.05, 4.69) is 5.32 Å². The van der Waals surface area contributed by atoms with Gasteiger partial charge in [-0.15, -0.1) is 11.6 Å². The molecule has 0 saturated carbocycles. The van der Waals surface area contributed by atoms with Gasteiger partial charge in [0, 0.05) is 24.3 Å². The number of rotatable bonds is 4. The molecular weight excluding hydrogens is 386 g/mol. The van der Waals surface area contributed by atoms with Crippen LogP contribution in [0.1, 0.15) is 5.82 Å². The summed E-state index contributed by atoms with van der Waals surface area (Å²) in [4.78, 5) is 18.3. The molecule has 0 bridgehead atoms. The van der Waals surface area contributed by atoms with E-state index < -0.39 is 0 Å². The lowest BCUT2D eigenvalue weighted by Crippen LogP contribution is -2.39. The first-order valence-electron chi connectivity index (χ1n) is 8.77. The van der Waals surface area contributed by atoms with Crippen LogP contribution in [0.5, 0.6) is 0 Å². The molecule has 1 aromatic heterocycles. The van der Waals surface area contributed by atoms with Crippen molar-refractivity contribution in [1.29, 1.82) is 0 Å². The van der Waals surface area contributed by atoms with E-state index in [-0.39, 0.29) is 23.4 Å². The van der Waals surface area contributed by atoms with Crippen LogP contribution < -0.4 is 5.32 Å². The van der Waals surface area contributed by atoms with E-state index in [1.54, 1.807) is 29.2 Å². The van der Waals surface area contributed by atoms with Crippen LogP contribution in [0.2, 0.25) is 0 Å². The van der Waals surface area contributed by atoms with E-state index in [0.29, 0.717) is 42.7 Å². The van der Waals surface area contributed by atoms with E-state index in [4.69, 9.17) is 16.6 Å². The maximum Gasteiger partial charge on any atom is 0.237 e. The van der Waals surface area contributed by atoms with Crippen molar-refractivity contribution in [3.8, 4) is 11.3 Å². The summed E-state index contributed by atoms with van der Waals surface area (Å²) in [7, 11) is 0. The number of imidazole rings is 1. The lowest BCUT2D eigenvalue weighted by Gasteiger charge is -2.28. The number of carbonyl (C=O) groups is 1. The smallest absolute Gasteiger partial charge is 0.237 e. The van der Waals surface area contributed by atoms with Crippen molar-refractivity contribution in [2.24, 2.45) is 0 Å². The van der Waals surface area contributed by atoms with E-state index in [9.17, 15) is 13.6 Å². The van der Waals surface area contributed by atoms with Crippen LogP contribution in [0.3, 0.4) is 0 Å². The van der Waals surface area contributed by atoms with Gasteiger partial charge in [0.25, 0.3) is 0 Å². The Morgan fingerprint density at radius 2 is 1.68 bits per heavy atom. The molecule has 2 heterocycles. The van der Waals surface area contributed by atoms with Crippen LogP contribution in [-0.4, -0.2) is 32.8 Å². The summed E-state index contributed by atoms with van der Waals surface area (Å²) in [6.45, 7) is 1.39. The third-order valence-corrected chi connectivity index (χ3v) is 4.89. The summed E-state index contributed by atoms with van der Waals surface area (Å²) >= 11 is 5.68. The molecule has 28 heavy (non-hydrogen) atoms. The van der Waals surface area contributed by atoms with Gasteiger partial charge in [-0.05, 0) is 48.5 Å². The second-order valence-corrected chi connectivity index (χ2v) is 6.73. The summed E-state index contributed by atoms with van der Waals surface area (Å²) in [6, 6.07) is 12.1. The minimum atomic E-state index is -0.334. The van der Waals surface area contributed by atoms with Gasteiger partial charge in [0.2, 0.25) is 5.91 Å². The molecule has 4 rings (SSSR count). The Bertz CT molecular complexity index is 1000. The molecule has 144 valence electrons. The van der Waals surface area contributed by atoms with Gasteiger partial charge >= 0.3 is 0 Å². The van der Waals surface area contributed by atoms with Crippen LogP contribution >= 0.6 is 11.6 Å². The summed E-state index contributed by atoms with van der Waals surface area (Å²) in [5, 5.41) is 3.29. The summed E-state index contributed by atoms with van der Waals surface area (Å²) in [5.41, 5.74) is 2.08. The number of alkyl halides is 1. The predicted molar refractivity (Wildman–Crippen MR) is 103 cm³/mol. The highest BCUT2D eigenvalue weighted by Crippen LogP contribution is 2.33. The number of hydrogen-bond donors (Lipinski definition) is 1. The molecule has 1 aliphatic heterocycles. The fourth-order valence-corrected chi connectivity index (χ4v) is 3.40. The lowest BCUT2D eigenvalue weighted by molar-refractivity contribution is -0.129. The van der Waals surface area contributed by atoms with E-state index in [1.807, 2.05) is 4.57 Å². The standard InChI is InChI=1S/C20H17ClF2N4O/c21-11-18(28)26-9-10-27-17(12-26)25-19(13-1-3-14(22)4-2-13)20(27)24-16-7-5-15(23)6-8-16/h1-8,24H,9-12H2. The van der Waals surface area contributed by atoms with Crippen molar-refractivity contribution >= 4 is 29.0 Å². The molecule has 0 saturated heterocycles. The number of nitrogens with one attached hydrogen (secondary N) is 1. The Kier molecular flexibility index (Phi) is 5.00. The molecule has 8 heteroatoms. The second-order valence-electron chi connectivity index (χ2n) is 6.46. The number of aromatic nitrogens is 2. The van der Waals surface area contributed by atoms with E-state index in [0.717, 1.165) is 5.56 Å². The number of carbonyl (C=O) groups excluding carboxylic acids is 1. The van der Waals surface area contributed by atoms with Gasteiger partial charge in [0.1, 0.15) is 34.9 Å². The molecule has 1 N–H and O–H groups in total. The average Bonchev–Trinajstić information content (AvgIpc) is 3.07. The maximum absolute atomic E-state index is 13.4. The molecule has 0 aliphatic carbocycles. The molecule has 5 nitrogen and oxygen atoms in total. The topological polar surface area (TPSA) is 50.2 Å². The molecular formula is C20H17ClF2N4O. The zero-order valence-electron chi connectivity index (χ0n) is 14.8. The number of amides is 1. The molecule has 0 radical (unpaired) electrons. The average molecular weight is 403 g/mol. The first-order valence-corrected chi connectivity index (χ1v) is 9.30. The largest absolute Gasteiger partial charge is 0.340 e. The molecule has 0 atom stereocenters. The fraction of sp³-hybridized carbons (Fsp3) is 0.200. The Balaban J connectivity index is 1.76. The zero-order valence-corrected chi connectivity index (χ0v) is 15.6. The van der Waals surface area contributed by atoms with Crippen molar-refractivity contribution in [2.75, 3.05) is 17.7 Å². The Morgan fingerprint density at radius 1 is 1.04 bits per heavy atom. The molecule has 1 amide bonds. The predicted octanol–water partition coefficient (Wildman–Crippen LogP) is 4.15. The van der Waals surface area contributed by atoms with Gasteiger partial charge < -0.3 is 14.8 Å². The maximum atomic E-state index is 13.4. The molecule has 0 unspecified atom stereocenters. The number of halogens is 3. The quantitative estimate of drug-likeness (QED) is 0.667. The normalized spacial score (nSPS) is 13.3. The molecule has 2 aromatic carbocycles. The summed E-state index contributed by atoms with van der Waals surface area (Å²) in [5.74, 6) is 0.535. The molecule has 0 spiro atoms. The van der Waals surface area contributed by atoms with Crippen molar-refractivity contribution in [1.82, 2.24) is 14.5 Å². The highest BCUT2D eigenvalue weighted by molar-refractivity contribution is 6.27. The van der Waals surface area contributed by atoms with Gasteiger partial charge in [0.05, 0.1) is 6.54 Å². The Labute approximate surface area is 165 Å². The summed E-state index contributed by atoms with van der Waals surface area (Å²) in [6.07, 6.45) is 0. The SMILES string of the molecule is O=C(CCl)N1CCn2c(nc(-c3ccc(F)cc3)c2Nc2ccc(F)cc2)C1. The minimum absolute atomic E-state index is 0.0772. The first kappa shape index (κ1) is 18.4. The highest BCUT2D eigenvalue weighted by Gasteiger charge is 2.26. The number of benzene rings is 2. The number of fused-ring (bicyclic) bond motifs is 1. The van der Waals surface area contributed by atoms with Crippen LogP contribution in [-0.2, 0) is 17.9 Å². The minimum Gasteiger partial charge on any atom is -0.340 e. The highest BCUT2D eigenvalue weighted by atomic mass is 35.5. The van der Waals surface area contributed by atoms with Gasteiger partial charge in [-0.2, -0.15) is 0 Å². The van der Waals surface area contributed by atoms with Gasteiger partial charge in [-0.1, -0.05) is 0 Å². The zero-order chi connectivity index (χ0) is 19.7. The third kappa shape index (κ3) is 3.57. The molecule has 1 aliphatic rings. The van der Waals surface area contributed by atoms with Crippen LogP contribution in [0.4, 0.5) is 20.3 Å². The van der Waals surface area contributed by atoms with Gasteiger partial charge in [-0.3, -0.25) is 4.79 Å². The third-order valence-electron chi connectivity index (χ3n) is 4.66. The number of anilines is 2. The van der Waals surface area contributed by atoms with E-state index >= 15 is 0 Å². The van der Waals surface area contributed by atoms with E-state index in [1.165, 1.54) is 24.3 Å². The lowest BCUT2D eigenvalue weighted by atomic mass is 10.1. The Hall–Kier alpha value is -2.93. The number of nitrogens with zero attached hydrogens (tertiary/aromatic N) is 3. The van der Waals surface area contributed by atoms with Crippen LogP contribution in [0.15, 0.2) is 48.5 Å².